The van der Waals surface area contributed by atoms with E-state index >= 15 is 0 Å². The molecule has 2 fully saturated rings. The summed E-state index contributed by atoms with van der Waals surface area (Å²) in [7, 11) is 0. The number of rotatable bonds is 4. The molecule has 4 rings (SSSR count). The predicted octanol–water partition coefficient (Wildman–Crippen LogP) is 3.91. The Bertz CT molecular complexity index is 846. The lowest BCUT2D eigenvalue weighted by molar-refractivity contribution is -0.212. The number of alkyl halides is 1. The van der Waals surface area contributed by atoms with Crippen LogP contribution in [0.15, 0.2) is 48.5 Å². The number of hydrogen-bond acceptors (Lipinski definition) is 4. The summed E-state index contributed by atoms with van der Waals surface area (Å²) >= 11 is 5.92. The second-order valence-electron chi connectivity index (χ2n) is 7.64. The minimum absolute atomic E-state index is 0.124. The van der Waals surface area contributed by atoms with Crippen LogP contribution in [0, 0.1) is 0 Å². The van der Waals surface area contributed by atoms with E-state index < -0.39 is 6.17 Å². The van der Waals surface area contributed by atoms with E-state index in [1.54, 1.807) is 36.4 Å². The maximum absolute atomic E-state index is 15.0. The maximum atomic E-state index is 15.0. The van der Waals surface area contributed by atoms with Gasteiger partial charge in [-0.3, -0.25) is 14.5 Å². The highest BCUT2D eigenvalue weighted by molar-refractivity contribution is 6.30. The van der Waals surface area contributed by atoms with Crippen LogP contribution in [0.3, 0.4) is 0 Å². The quantitative estimate of drug-likeness (QED) is 0.818. The van der Waals surface area contributed by atoms with Gasteiger partial charge in [0.25, 0.3) is 5.91 Å². The summed E-state index contributed by atoms with van der Waals surface area (Å²) in [5, 5.41) is 11.5. The maximum Gasteiger partial charge on any atom is 0.263 e. The highest BCUT2D eigenvalue weighted by Crippen LogP contribution is 2.33. The number of benzene rings is 2. The van der Waals surface area contributed by atoms with Gasteiger partial charge in [0.15, 0.2) is 0 Å². The molecule has 0 saturated carbocycles. The first-order valence-corrected chi connectivity index (χ1v) is 10.2. The summed E-state index contributed by atoms with van der Waals surface area (Å²) in [5.41, 5.74) is 1.82. The van der Waals surface area contributed by atoms with Crippen LogP contribution in [0.25, 0.3) is 0 Å². The lowest BCUT2D eigenvalue weighted by Crippen LogP contribution is -2.56. The van der Waals surface area contributed by atoms with Gasteiger partial charge in [-0.1, -0.05) is 35.9 Å². The second kappa shape index (κ2) is 8.69. The highest BCUT2D eigenvalue weighted by Gasteiger charge is 2.39. The van der Waals surface area contributed by atoms with Crippen molar-refractivity contribution in [1.29, 1.82) is 0 Å². The smallest absolute Gasteiger partial charge is 0.263 e. The Balaban J connectivity index is 1.40. The lowest BCUT2D eigenvalue weighted by Gasteiger charge is -2.42. The van der Waals surface area contributed by atoms with E-state index in [0.29, 0.717) is 37.6 Å². The minimum atomic E-state index is -1.06. The number of phenols is 1. The molecule has 3 atom stereocenters. The van der Waals surface area contributed by atoms with Crippen LogP contribution in [0.2, 0.25) is 5.02 Å². The van der Waals surface area contributed by atoms with Crippen LogP contribution in [-0.2, 0) is 16.2 Å². The second-order valence-corrected chi connectivity index (χ2v) is 8.07. The zero-order valence-electron chi connectivity index (χ0n) is 16.0. The van der Waals surface area contributed by atoms with Crippen molar-refractivity contribution in [2.75, 3.05) is 19.7 Å². The molecule has 154 valence electrons. The molecule has 2 heterocycles. The first-order valence-electron chi connectivity index (χ1n) is 9.87. The number of likely N-dealkylation sites (tertiary alicyclic amines) is 1. The number of piperidine rings is 1. The molecule has 2 unspecified atom stereocenters. The third kappa shape index (κ3) is 4.55. The van der Waals surface area contributed by atoms with E-state index in [9.17, 15) is 14.3 Å². The summed E-state index contributed by atoms with van der Waals surface area (Å²) in [6, 6.07) is 13.7. The highest BCUT2D eigenvalue weighted by atomic mass is 35.5. The SMILES string of the molecule is O=C1C(N2CC[C@@H](c3ccc(O)cc3)C(F)C2)CCON1Cc1ccc(Cl)cc1. The van der Waals surface area contributed by atoms with Gasteiger partial charge in [-0.25, -0.2) is 9.45 Å². The number of carbonyl (C=O) groups is 1. The number of hydroxylamine groups is 2. The van der Waals surface area contributed by atoms with E-state index in [1.807, 2.05) is 17.0 Å². The average molecular weight is 419 g/mol. The van der Waals surface area contributed by atoms with Crippen molar-refractivity contribution in [1.82, 2.24) is 9.96 Å². The fourth-order valence-corrected chi connectivity index (χ4v) is 4.28. The number of aromatic hydroxyl groups is 1. The number of amides is 1. The first kappa shape index (κ1) is 20.1. The number of nitrogens with zero attached hydrogens (tertiary/aromatic N) is 2. The lowest BCUT2D eigenvalue weighted by atomic mass is 9.87. The largest absolute Gasteiger partial charge is 0.508 e. The van der Waals surface area contributed by atoms with Crippen LogP contribution in [0.5, 0.6) is 5.75 Å². The topological polar surface area (TPSA) is 53.0 Å². The Hall–Kier alpha value is -2.15. The third-order valence-electron chi connectivity index (χ3n) is 5.74. The molecule has 0 spiro atoms. The molecule has 5 nitrogen and oxygen atoms in total. The monoisotopic (exact) mass is 418 g/mol. The molecular formula is C22H24ClFN2O3. The Kier molecular flexibility index (Phi) is 6.04. The number of hydrogen-bond donors (Lipinski definition) is 1. The standard InChI is InChI=1S/C22H24ClFN2O3/c23-17-5-1-15(2-6-17)13-26-22(28)21(10-12-29-26)25-11-9-19(20(24)14-25)16-3-7-18(27)8-4-16/h1-8,19-21,27H,9-14H2/t19-,20?,21?/m0/s1. The molecule has 0 aromatic heterocycles. The fourth-order valence-electron chi connectivity index (χ4n) is 4.15. The summed E-state index contributed by atoms with van der Waals surface area (Å²) in [5.74, 6) is -0.163. The van der Waals surface area contributed by atoms with Crippen molar-refractivity contribution >= 4 is 17.5 Å². The molecule has 0 radical (unpaired) electrons. The van der Waals surface area contributed by atoms with Gasteiger partial charge in [-0.2, -0.15) is 0 Å². The van der Waals surface area contributed by atoms with Crippen molar-refractivity contribution in [2.45, 2.75) is 37.5 Å². The van der Waals surface area contributed by atoms with Crippen molar-refractivity contribution in [2.24, 2.45) is 0 Å². The summed E-state index contributed by atoms with van der Waals surface area (Å²) in [6.45, 7) is 1.64. The zero-order chi connectivity index (χ0) is 20.4. The van der Waals surface area contributed by atoms with Gasteiger partial charge < -0.3 is 5.11 Å². The summed E-state index contributed by atoms with van der Waals surface area (Å²) in [6.07, 6.45) is 0.133. The molecule has 0 aliphatic carbocycles. The van der Waals surface area contributed by atoms with Crippen molar-refractivity contribution in [3.63, 3.8) is 0 Å². The Morgan fingerprint density at radius 2 is 1.83 bits per heavy atom. The van der Waals surface area contributed by atoms with Gasteiger partial charge in [0.05, 0.1) is 19.2 Å². The molecule has 1 N–H and O–H groups in total. The van der Waals surface area contributed by atoms with Crippen LogP contribution < -0.4 is 0 Å². The van der Waals surface area contributed by atoms with Gasteiger partial charge in [0.2, 0.25) is 0 Å². The average Bonchev–Trinajstić information content (AvgIpc) is 2.72. The summed E-state index contributed by atoms with van der Waals surface area (Å²) < 4.78 is 15.0. The molecule has 2 aromatic rings. The van der Waals surface area contributed by atoms with Crippen LogP contribution in [-0.4, -0.2) is 52.9 Å². The van der Waals surface area contributed by atoms with Gasteiger partial charge >= 0.3 is 0 Å². The van der Waals surface area contributed by atoms with Gasteiger partial charge in [-0.15, -0.1) is 0 Å². The van der Waals surface area contributed by atoms with E-state index in [1.165, 1.54) is 5.06 Å². The van der Waals surface area contributed by atoms with E-state index in [0.717, 1.165) is 11.1 Å². The Labute approximate surface area is 174 Å². The molecule has 2 aliphatic rings. The number of carbonyl (C=O) groups excluding carboxylic acids is 1. The molecule has 2 aliphatic heterocycles. The van der Waals surface area contributed by atoms with Crippen LogP contribution >= 0.6 is 11.6 Å². The molecule has 0 bridgehead atoms. The van der Waals surface area contributed by atoms with Crippen LogP contribution in [0.1, 0.15) is 29.9 Å². The van der Waals surface area contributed by atoms with Gasteiger partial charge in [-0.05, 0) is 54.8 Å². The Morgan fingerprint density at radius 1 is 1.10 bits per heavy atom. The predicted molar refractivity (Wildman–Crippen MR) is 108 cm³/mol. The molecule has 29 heavy (non-hydrogen) atoms. The van der Waals surface area contributed by atoms with Gasteiger partial charge in [0.1, 0.15) is 11.9 Å². The fraction of sp³-hybridized carbons (Fsp3) is 0.409. The van der Waals surface area contributed by atoms with Crippen molar-refractivity contribution < 1.29 is 19.1 Å². The van der Waals surface area contributed by atoms with Crippen molar-refractivity contribution in [3.8, 4) is 5.75 Å². The van der Waals surface area contributed by atoms with Gasteiger partial charge in [0, 0.05) is 17.5 Å². The number of halogens is 2. The molecule has 1 amide bonds. The van der Waals surface area contributed by atoms with Crippen molar-refractivity contribution in [3.05, 3.63) is 64.7 Å². The molecule has 7 heteroatoms. The van der Waals surface area contributed by atoms with E-state index in [4.69, 9.17) is 16.4 Å². The number of phenolic OH excluding ortho intramolecular Hbond substituents is 1. The third-order valence-corrected chi connectivity index (χ3v) is 6.00. The zero-order valence-corrected chi connectivity index (χ0v) is 16.8. The molecular weight excluding hydrogens is 395 g/mol. The van der Waals surface area contributed by atoms with E-state index in [2.05, 4.69) is 0 Å². The minimum Gasteiger partial charge on any atom is -0.508 e. The molecule has 2 aromatic carbocycles. The Morgan fingerprint density at radius 3 is 2.52 bits per heavy atom. The van der Waals surface area contributed by atoms with Crippen LogP contribution in [0.4, 0.5) is 4.39 Å². The first-order chi connectivity index (χ1) is 14.0. The van der Waals surface area contributed by atoms with E-state index in [-0.39, 0.29) is 30.2 Å². The molecule has 2 saturated heterocycles. The normalized spacial score (nSPS) is 25.9. The summed E-state index contributed by atoms with van der Waals surface area (Å²) in [4.78, 5) is 20.5.